The third-order valence-electron chi connectivity index (χ3n) is 4.14. The highest BCUT2D eigenvalue weighted by Gasteiger charge is 2.21. The normalized spacial score (nSPS) is 23.4. The van der Waals surface area contributed by atoms with Crippen LogP contribution < -0.4 is 5.32 Å². The van der Waals surface area contributed by atoms with Crippen LogP contribution in [0.4, 0.5) is 5.69 Å². The van der Waals surface area contributed by atoms with Crippen LogP contribution in [0, 0.1) is 30.1 Å². The van der Waals surface area contributed by atoms with Gasteiger partial charge in [-0.15, -0.1) is 0 Å². The van der Waals surface area contributed by atoms with Crippen molar-refractivity contribution in [1.29, 1.82) is 5.26 Å². The van der Waals surface area contributed by atoms with Gasteiger partial charge in [0, 0.05) is 6.54 Å². The van der Waals surface area contributed by atoms with Gasteiger partial charge in [0.05, 0.1) is 11.3 Å². The fourth-order valence-electron chi connectivity index (χ4n) is 2.84. The smallest absolute Gasteiger partial charge is 0.101 e. The number of rotatable bonds is 3. The highest BCUT2D eigenvalue weighted by atomic mass is 14.9. The Morgan fingerprint density at radius 2 is 2.11 bits per heavy atom. The molecule has 1 fully saturated rings. The van der Waals surface area contributed by atoms with E-state index < -0.39 is 0 Å². The van der Waals surface area contributed by atoms with Gasteiger partial charge in [-0.3, -0.25) is 0 Å². The third-order valence-corrected chi connectivity index (χ3v) is 4.14. The van der Waals surface area contributed by atoms with Gasteiger partial charge in [-0.2, -0.15) is 5.26 Å². The van der Waals surface area contributed by atoms with E-state index in [-0.39, 0.29) is 0 Å². The molecule has 2 heteroatoms. The molecule has 2 atom stereocenters. The summed E-state index contributed by atoms with van der Waals surface area (Å²) >= 11 is 0. The molecule has 2 nitrogen and oxygen atoms in total. The molecule has 0 saturated heterocycles. The minimum absolute atomic E-state index is 0.754. The molecular weight excluding hydrogens is 220 g/mol. The van der Waals surface area contributed by atoms with Gasteiger partial charge >= 0.3 is 0 Å². The Morgan fingerprint density at radius 1 is 1.33 bits per heavy atom. The molecular formula is C16H22N2. The summed E-state index contributed by atoms with van der Waals surface area (Å²) in [5.74, 6) is 1.56. The Kier molecular flexibility index (Phi) is 4.25. The first-order valence-corrected chi connectivity index (χ1v) is 6.95. The predicted octanol–water partition coefficient (Wildman–Crippen LogP) is 4.10. The van der Waals surface area contributed by atoms with E-state index in [4.69, 9.17) is 5.26 Å². The van der Waals surface area contributed by atoms with E-state index in [9.17, 15) is 0 Å². The van der Waals surface area contributed by atoms with Gasteiger partial charge in [0.25, 0.3) is 0 Å². The molecule has 1 aliphatic rings. The molecule has 96 valence electrons. The maximum absolute atomic E-state index is 9.11. The average molecular weight is 242 g/mol. The first kappa shape index (κ1) is 13.0. The number of aryl methyl sites for hydroxylation is 1. The monoisotopic (exact) mass is 242 g/mol. The fourth-order valence-corrected chi connectivity index (χ4v) is 2.84. The van der Waals surface area contributed by atoms with Gasteiger partial charge in [-0.25, -0.2) is 0 Å². The first-order valence-electron chi connectivity index (χ1n) is 6.95. The lowest BCUT2D eigenvalue weighted by atomic mass is 9.80. The number of hydrogen-bond donors (Lipinski definition) is 1. The zero-order valence-corrected chi connectivity index (χ0v) is 11.4. The van der Waals surface area contributed by atoms with E-state index in [2.05, 4.69) is 31.3 Å². The summed E-state index contributed by atoms with van der Waals surface area (Å²) in [5.41, 5.74) is 2.95. The van der Waals surface area contributed by atoms with Crippen LogP contribution in [0.3, 0.4) is 0 Å². The molecule has 18 heavy (non-hydrogen) atoms. The number of nitrogens with zero attached hydrogens (tertiary/aromatic N) is 1. The Labute approximate surface area is 110 Å². The molecule has 1 saturated carbocycles. The van der Waals surface area contributed by atoms with Crippen LogP contribution in [0.2, 0.25) is 0 Å². The molecule has 0 aromatic heterocycles. The van der Waals surface area contributed by atoms with Crippen molar-refractivity contribution in [2.24, 2.45) is 11.8 Å². The molecule has 2 unspecified atom stereocenters. The van der Waals surface area contributed by atoms with E-state index in [0.29, 0.717) is 0 Å². The topological polar surface area (TPSA) is 35.8 Å². The van der Waals surface area contributed by atoms with E-state index in [0.717, 1.165) is 29.6 Å². The van der Waals surface area contributed by atoms with E-state index in [1.807, 2.05) is 12.1 Å². The average Bonchev–Trinajstić information content (AvgIpc) is 2.38. The van der Waals surface area contributed by atoms with Crippen LogP contribution in [-0.2, 0) is 0 Å². The largest absolute Gasteiger partial charge is 0.384 e. The molecule has 1 N–H and O–H groups in total. The molecule has 0 aliphatic heterocycles. The number of nitrogens with one attached hydrogen (secondary N) is 1. The summed E-state index contributed by atoms with van der Waals surface area (Å²) in [4.78, 5) is 0. The highest BCUT2D eigenvalue weighted by molar-refractivity contribution is 5.58. The molecule has 2 rings (SSSR count). The van der Waals surface area contributed by atoms with Gasteiger partial charge in [-0.05, 0) is 42.9 Å². The summed E-state index contributed by atoms with van der Waals surface area (Å²) in [6, 6.07) is 8.23. The predicted molar refractivity (Wildman–Crippen MR) is 75.5 cm³/mol. The van der Waals surface area contributed by atoms with Crippen molar-refractivity contribution in [3.05, 3.63) is 29.3 Å². The summed E-state index contributed by atoms with van der Waals surface area (Å²) < 4.78 is 0. The van der Waals surface area contributed by atoms with Gasteiger partial charge in [0.1, 0.15) is 6.07 Å². The van der Waals surface area contributed by atoms with Crippen molar-refractivity contribution < 1.29 is 0 Å². The van der Waals surface area contributed by atoms with Crippen molar-refractivity contribution in [1.82, 2.24) is 0 Å². The molecule has 1 aliphatic carbocycles. The van der Waals surface area contributed by atoms with Crippen molar-refractivity contribution >= 4 is 5.69 Å². The lowest BCUT2D eigenvalue weighted by Gasteiger charge is -2.29. The fraction of sp³-hybridized carbons (Fsp3) is 0.562. The lowest BCUT2D eigenvalue weighted by molar-refractivity contribution is 0.268. The van der Waals surface area contributed by atoms with E-state index in [1.165, 1.54) is 31.2 Å². The minimum atomic E-state index is 0.754. The molecule has 1 aromatic carbocycles. The SMILES string of the molecule is Cc1ccc(C#N)c(NCC2CCCCC2C)c1. The van der Waals surface area contributed by atoms with Crippen molar-refractivity contribution in [2.75, 3.05) is 11.9 Å². The Morgan fingerprint density at radius 3 is 2.83 bits per heavy atom. The summed E-state index contributed by atoms with van der Waals surface area (Å²) in [5, 5.41) is 12.6. The standard InChI is InChI=1S/C16H22N2/c1-12-7-8-14(10-17)16(9-12)18-11-15-6-4-3-5-13(15)2/h7-9,13,15,18H,3-6,11H2,1-2H3. The molecule has 0 heterocycles. The quantitative estimate of drug-likeness (QED) is 0.866. The second kappa shape index (κ2) is 5.91. The van der Waals surface area contributed by atoms with Crippen LogP contribution in [0.5, 0.6) is 0 Å². The van der Waals surface area contributed by atoms with Crippen molar-refractivity contribution in [3.63, 3.8) is 0 Å². The lowest BCUT2D eigenvalue weighted by Crippen LogP contribution is -2.24. The zero-order valence-electron chi connectivity index (χ0n) is 11.4. The maximum Gasteiger partial charge on any atom is 0.101 e. The number of nitriles is 1. The number of anilines is 1. The molecule has 0 radical (unpaired) electrons. The Balaban J connectivity index is 2.01. The van der Waals surface area contributed by atoms with E-state index in [1.54, 1.807) is 0 Å². The van der Waals surface area contributed by atoms with Crippen molar-refractivity contribution in [3.8, 4) is 6.07 Å². The molecule has 0 amide bonds. The van der Waals surface area contributed by atoms with Gasteiger partial charge in [-0.1, -0.05) is 32.3 Å². The second-order valence-corrected chi connectivity index (χ2v) is 5.56. The number of hydrogen-bond acceptors (Lipinski definition) is 2. The first-order chi connectivity index (χ1) is 8.70. The van der Waals surface area contributed by atoms with Crippen molar-refractivity contribution in [2.45, 2.75) is 39.5 Å². The summed E-state index contributed by atoms with van der Waals surface area (Å²) in [7, 11) is 0. The zero-order chi connectivity index (χ0) is 13.0. The Bertz CT molecular complexity index is 445. The van der Waals surface area contributed by atoms with Crippen LogP contribution in [0.1, 0.15) is 43.7 Å². The number of benzene rings is 1. The van der Waals surface area contributed by atoms with Gasteiger partial charge in [0.15, 0.2) is 0 Å². The summed E-state index contributed by atoms with van der Waals surface area (Å²) in [6.07, 6.45) is 5.41. The minimum Gasteiger partial charge on any atom is -0.384 e. The van der Waals surface area contributed by atoms with Crippen LogP contribution in [0.25, 0.3) is 0 Å². The second-order valence-electron chi connectivity index (χ2n) is 5.56. The third kappa shape index (κ3) is 3.04. The van der Waals surface area contributed by atoms with E-state index >= 15 is 0 Å². The summed E-state index contributed by atoms with van der Waals surface area (Å²) in [6.45, 7) is 5.42. The molecule has 0 bridgehead atoms. The van der Waals surface area contributed by atoms with Crippen LogP contribution >= 0.6 is 0 Å². The Hall–Kier alpha value is -1.49. The van der Waals surface area contributed by atoms with Gasteiger partial charge < -0.3 is 5.32 Å². The van der Waals surface area contributed by atoms with Gasteiger partial charge in [0.2, 0.25) is 0 Å². The highest BCUT2D eigenvalue weighted by Crippen LogP contribution is 2.30. The van der Waals surface area contributed by atoms with Crippen LogP contribution in [0.15, 0.2) is 18.2 Å². The molecule has 1 aromatic rings. The molecule has 0 spiro atoms. The van der Waals surface area contributed by atoms with Crippen LogP contribution in [-0.4, -0.2) is 6.54 Å². The maximum atomic E-state index is 9.11.